The van der Waals surface area contributed by atoms with Gasteiger partial charge in [0.2, 0.25) is 0 Å². The van der Waals surface area contributed by atoms with Crippen molar-refractivity contribution in [3.63, 3.8) is 0 Å². The zero-order chi connectivity index (χ0) is 10.1. The highest BCUT2D eigenvalue weighted by molar-refractivity contribution is 4.80. The third-order valence-corrected chi connectivity index (χ3v) is 2.12. The van der Waals surface area contributed by atoms with Gasteiger partial charge in [0, 0.05) is 13.1 Å². The van der Waals surface area contributed by atoms with Crippen LogP contribution in [0, 0.1) is 5.92 Å². The summed E-state index contributed by atoms with van der Waals surface area (Å²) in [6.45, 7) is 4.08. The Morgan fingerprint density at radius 3 is 2.38 bits per heavy atom. The van der Waals surface area contributed by atoms with Gasteiger partial charge in [-0.2, -0.15) is 13.2 Å². The van der Waals surface area contributed by atoms with Gasteiger partial charge in [0.05, 0.1) is 6.10 Å². The summed E-state index contributed by atoms with van der Waals surface area (Å²) in [4.78, 5) is 0. The highest BCUT2D eigenvalue weighted by atomic mass is 19.4. The molecule has 0 aromatic rings. The van der Waals surface area contributed by atoms with Crippen molar-refractivity contribution in [2.24, 2.45) is 5.92 Å². The Morgan fingerprint density at radius 2 is 1.92 bits per heavy atom. The second-order valence-electron chi connectivity index (χ2n) is 3.61. The number of hydrogen-bond donors (Lipinski definition) is 1. The van der Waals surface area contributed by atoms with Crippen LogP contribution >= 0.6 is 0 Å². The zero-order valence-corrected chi connectivity index (χ0v) is 7.69. The molecule has 0 aromatic heterocycles. The summed E-state index contributed by atoms with van der Waals surface area (Å²) in [5, 5.41) is 2.73. The van der Waals surface area contributed by atoms with E-state index in [-0.39, 0.29) is 18.6 Å². The average molecular weight is 197 g/mol. The van der Waals surface area contributed by atoms with Crippen LogP contribution in [0.4, 0.5) is 13.2 Å². The largest absolute Gasteiger partial charge is 0.415 e. The molecule has 13 heavy (non-hydrogen) atoms. The van der Waals surface area contributed by atoms with Crippen molar-refractivity contribution in [1.82, 2.24) is 5.32 Å². The highest BCUT2D eigenvalue weighted by Gasteiger charge is 2.43. The maximum Gasteiger partial charge on any atom is 0.415 e. The van der Waals surface area contributed by atoms with Crippen LogP contribution < -0.4 is 5.32 Å². The molecule has 0 saturated carbocycles. The second-order valence-corrected chi connectivity index (χ2v) is 3.61. The number of alkyl halides is 3. The Labute approximate surface area is 75.4 Å². The smallest absolute Gasteiger partial charge is 0.363 e. The van der Waals surface area contributed by atoms with Gasteiger partial charge in [0.1, 0.15) is 0 Å². The second kappa shape index (κ2) is 3.84. The van der Waals surface area contributed by atoms with Gasteiger partial charge >= 0.3 is 6.18 Å². The van der Waals surface area contributed by atoms with E-state index in [1.54, 1.807) is 0 Å². The molecule has 0 bridgehead atoms. The average Bonchev–Trinajstić information content (AvgIpc) is 2.03. The van der Waals surface area contributed by atoms with Crippen LogP contribution in [0.5, 0.6) is 0 Å². The minimum atomic E-state index is -4.25. The van der Waals surface area contributed by atoms with Crippen LogP contribution in [0.25, 0.3) is 0 Å². The van der Waals surface area contributed by atoms with Gasteiger partial charge in [-0.05, 0) is 5.92 Å². The van der Waals surface area contributed by atoms with Gasteiger partial charge in [0.15, 0.2) is 6.10 Å². The first-order valence-electron chi connectivity index (χ1n) is 4.34. The number of ether oxygens (including phenoxy) is 1. The van der Waals surface area contributed by atoms with Crippen molar-refractivity contribution < 1.29 is 17.9 Å². The van der Waals surface area contributed by atoms with Crippen LogP contribution in [0.3, 0.4) is 0 Å². The molecule has 1 heterocycles. The van der Waals surface area contributed by atoms with Crippen molar-refractivity contribution in [2.45, 2.75) is 32.2 Å². The van der Waals surface area contributed by atoms with Crippen molar-refractivity contribution in [3.05, 3.63) is 0 Å². The monoisotopic (exact) mass is 197 g/mol. The fraction of sp³-hybridized carbons (Fsp3) is 1.00. The number of nitrogens with one attached hydrogen (secondary N) is 1. The molecule has 5 heteroatoms. The molecule has 0 spiro atoms. The molecule has 0 amide bonds. The summed E-state index contributed by atoms with van der Waals surface area (Å²) in [5.41, 5.74) is 0. The van der Waals surface area contributed by atoms with E-state index in [4.69, 9.17) is 4.74 Å². The molecule has 0 aliphatic carbocycles. The van der Waals surface area contributed by atoms with Gasteiger partial charge in [-0.1, -0.05) is 13.8 Å². The Balaban J connectivity index is 2.52. The number of hydrogen-bond acceptors (Lipinski definition) is 2. The molecule has 78 valence electrons. The van der Waals surface area contributed by atoms with Crippen LogP contribution in [0.1, 0.15) is 13.8 Å². The van der Waals surface area contributed by atoms with Gasteiger partial charge in [0.25, 0.3) is 0 Å². The van der Waals surface area contributed by atoms with Gasteiger partial charge in [-0.25, -0.2) is 0 Å². The van der Waals surface area contributed by atoms with E-state index < -0.39 is 12.3 Å². The molecule has 0 radical (unpaired) electrons. The minimum Gasteiger partial charge on any atom is -0.363 e. The quantitative estimate of drug-likeness (QED) is 0.688. The molecule has 2 nitrogen and oxygen atoms in total. The van der Waals surface area contributed by atoms with E-state index in [1.165, 1.54) is 0 Å². The molecule has 1 N–H and O–H groups in total. The normalized spacial score (nSPS) is 30.9. The summed E-state index contributed by atoms with van der Waals surface area (Å²) >= 11 is 0. The first-order chi connectivity index (χ1) is 5.91. The third kappa shape index (κ3) is 2.84. The summed E-state index contributed by atoms with van der Waals surface area (Å²) in [5.74, 6) is 0.109. The molecular weight excluding hydrogens is 183 g/mol. The van der Waals surface area contributed by atoms with Crippen molar-refractivity contribution in [2.75, 3.05) is 13.1 Å². The molecule has 2 atom stereocenters. The maximum absolute atomic E-state index is 12.2. The van der Waals surface area contributed by atoms with Crippen LogP contribution in [-0.2, 0) is 4.74 Å². The van der Waals surface area contributed by atoms with E-state index in [0.717, 1.165) is 0 Å². The Hall–Kier alpha value is -0.290. The molecule has 1 rings (SSSR count). The van der Waals surface area contributed by atoms with E-state index in [0.29, 0.717) is 6.54 Å². The van der Waals surface area contributed by atoms with E-state index in [2.05, 4.69) is 5.32 Å². The van der Waals surface area contributed by atoms with Crippen LogP contribution in [0.2, 0.25) is 0 Å². The summed E-state index contributed by atoms with van der Waals surface area (Å²) < 4.78 is 41.6. The van der Waals surface area contributed by atoms with Crippen molar-refractivity contribution >= 4 is 0 Å². The van der Waals surface area contributed by atoms with Gasteiger partial charge in [-0.15, -0.1) is 0 Å². The van der Waals surface area contributed by atoms with Gasteiger partial charge < -0.3 is 10.1 Å². The van der Waals surface area contributed by atoms with Crippen molar-refractivity contribution in [1.29, 1.82) is 0 Å². The highest BCUT2D eigenvalue weighted by Crippen LogP contribution is 2.26. The minimum absolute atomic E-state index is 0.109. The molecule has 0 unspecified atom stereocenters. The lowest BCUT2D eigenvalue weighted by atomic mass is 10.1. The molecule has 0 aromatic carbocycles. The molecule has 1 saturated heterocycles. The predicted molar refractivity (Wildman–Crippen MR) is 42.4 cm³/mol. The predicted octanol–water partition coefficient (Wildman–Crippen LogP) is 1.56. The number of rotatable bonds is 1. The van der Waals surface area contributed by atoms with E-state index in [1.807, 2.05) is 13.8 Å². The summed E-state index contributed by atoms with van der Waals surface area (Å²) in [6, 6.07) is 0. The van der Waals surface area contributed by atoms with E-state index >= 15 is 0 Å². The summed E-state index contributed by atoms with van der Waals surface area (Å²) in [7, 11) is 0. The Bertz CT molecular complexity index is 169. The fourth-order valence-corrected chi connectivity index (χ4v) is 1.25. The number of halogens is 3. The van der Waals surface area contributed by atoms with Crippen molar-refractivity contribution in [3.8, 4) is 0 Å². The topological polar surface area (TPSA) is 21.3 Å². The lowest BCUT2D eigenvalue weighted by Gasteiger charge is -2.33. The molecular formula is C8H14F3NO. The lowest BCUT2D eigenvalue weighted by molar-refractivity contribution is -0.243. The number of morpholine rings is 1. The van der Waals surface area contributed by atoms with Crippen LogP contribution in [-0.4, -0.2) is 31.5 Å². The lowest BCUT2D eigenvalue weighted by Crippen LogP contribution is -2.52. The Morgan fingerprint density at radius 1 is 1.31 bits per heavy atom. The molecule has 1 aliphatic heterocycles. The third-order valence-electron chi connectivity index (χ3n) is 2.12. The fourth-order valence-electron chi connectivity index (χ4n) is 1.25. The standard InChI is InChI=1S/C8H14F3NO/c1-5(2)6-3-12-4-7(13-6)8(9,10)11/h5-7,12H,3-4H2,1-2H3/t6-,7+/m1/s1. The first-order valence-corrected chi connectivity index (χ1v) is 4.34. The zero-order valence-electron chi connectivity index (χ0n) is 7.69. The van der Waals surface area contributed by atoms with Crippen LogP contribution in [0.15, 0.2) is 0 Å². The SMILES string of the molecule is CC(C)[C@H]1CNC[C@@H](C(F)(F)F)O1. The summed E-state index contributed by atoms with van der Waals surface area (Å²) in [6.07, 6.45) is -6.23. The molecule has 1 fully saturated rings. The first kappa shape index (κ1) is 10.8. The van der Waals surface area contributed by atoms with E-state index in [9.17, 15) is 13.2 Å². The maximum atomic E-state index is 12.2. The Kier molecular flexibility index (Phi) is 3.18. The molecule has 1 aliphatic rings. The van der Waals surface area contributed by atoms with Gasteiger partial charge in [-0.3, -0.25) is 0 Å².